The molecule has 2 amide bonds. The maximum atomic E-state index is 13.1. The molecule has 3 aromatic rings. The van der Waals surface area contributed by atoms with Crippen LogP contribution in [0.3, 0.4) is 0 Å². The van der Waals surface area contributed by atoms with Crippen molar-refractivity contribution >= 4 is 27.5 Å². The molecule has 1 aliphatic rings. The fourth-order valence-electron chi connectivity index (χ4n) is 3.94. The maximum Gasteiger partial charge on any atom is 0.272 e. The van der Waals surface area contributed by atoms with Crippen LogP contribution in [0.4, 0.5) is 5.69 Å². The number of aryl methyl sites for hydroxylation is 2. The Kier molecular flexibility index (Phi) is 6.57. The molecule has 2 N–H and O–H groups in total. The average Bonchev–Trinajstić information content (AvgIpc) is 3.54. The largest absolute Gasteiger partial charge is 0.467 e. The number of carbonyl (C=O) groups is 2. The lowest BCUT2D eigenvalue weighted by Crippen LogP contribution is -2.43. The van der Waals surface area contributed by atoms with Crippen LogP contribution < -0.4 is 10.6 Å². The Balaban J connectivity index is 1.45. The molecule has 12 nitrogen and oxygen atoms in total. The van der Waals surface area contributed by atoms with Gasteiger partial charge in [0.2, 0.25) is 15.9 Å². The standard InChI is InChI=1S/C21H27N7O5S/c1-14-18(12-24-26(14)2)34(31,32)28-8-4-6-15(13-28)20(29)25-17-11-23-27(3)19(17)21(30)22-10-16-7-5-9-33-16/h5,7,9,11-12,15H,4,6,8,10,13H2,1-3H3,(H,22,30)(H,25,29)/t15-/m0/s1. The van der Waals surface area contributed by atoms with E-state index < -0.39 is 21.8 Å². The summed E-state index contributed by atoms with van der Waals surface area (Å²) in [6, 6.07) is 3.46. The number of anilines is 1. The van der Waals surface area contributed by atoms with E-state index >= 15 is 0 Å². The summed E-state index contributed by atoms with van der Waals surface area (Å²) in [6.07, 6.45) is 5.32. The third-order valence-electron chi connectivity index (χ3n) is 5.98. The first-order valence-electron chi connectivity index (χ1n) is 10.8. The third-order valence-corrected chi connectivity index (χ3v) is 7.95. The van der Waals surface area contributed by atoms with Crippen LogP contribution in [0.2, 0.25) is 0 Å². The molecule has 0 spiro atoms. The lowest BCUT2D eigenvalue weighted by Gasteiger charge is -2.31. The predicted molar refractivity (Wildman–Crippen MR) is 121 cm³/mol. The van der Waals surface area contributed by atoms with Crippen LogP contribution in [-0.4, -0.2) is 57.2 Å². The quantitative estimate of drug-likeness (QED) is 0.504. The zero-order chi connectivity index (χ0) is 24.5. The molecule has 182 valence electrons. The number of amides is 2. The van der Waals surface area contributed by atoms with E-state index in [-0.39, 0.29) is 35.3 Å². The van der Waals surface area contributed by atoms with Crippen LogP contribution in [0.1, 0.15) is 34.8 Å². The number of furan rings is 1. The summed E-state index contributed by atoms with van der Waals surface area (Å²) in [7, 11) is -0.500. The summed E-state index contributed by atoms with van der Waals surface area (Å²) in [5.74, 6) is -0.768. The summed E-state index contributed by atoms with van der Waals surface area (Å²) in [5.41, 5.74) is 0.978. The summed E-state index contributed by atoms with van der Waals surface area (Å²) < 4.78 is 35.7. The van der Waals surface area contributed by atoms with Crippen LogP contribution in [-0.2, 0) is 35.5 Å². The molecule has 0 radical (unpaired) electrons. The first-order valence-corrected chi connectivity index (χ1v) is 12.2. The number of hydrogen-bond acceptors (Lipinski definition) is 7. The predicted octanol–water partition coefficient (Wildman–Crippen LogP) is 1.02. The van der Waals surface area contributed by atoms with Gasteiger partial charge >= 0.3 is 0 Å². The fourth-order valence-corrected chi connectivity index (χ4v) is 5.65. The van der Waals surface area contributed by atoms with Crippen LogP contribution >= 0.6 is 0 Å². The molecule has 0 aromatic carbocycles. The highest BCUT2D eigenvalue weighted by atomic mass is 32.2. The van der Waals surface area contributed by atoms with Gasteiger partial charge in [0.05, 0.1) is 42.5 Å². The van der Waals surface area contributed by atoms with E-state index in [0.717, 1.165) is 0 Å². The molecule has 1 aliphatic heterocycles. The summed E-state index contributed by atoms with van der Waals surface area (Å²) >= 11 is 0. The molecule has 0 bridgehead atoms. The molecule has 0 aliphatic carbocycles. The Bertz CT molecular complexity index is 1290. The second-order valence-electron chi connectivity index (χ2n) is 8.20. The molecular weight excluding hydrogens is 462 g/mol. The minimum absolute atomic E-state index is 0.0444. The topological polar surface area (TPSA) is 144 Å². The van der Waals surface area contributed by atoms with E-state index in [2.05, 4.69) is 20.8 Å². The third kappa shape index (κ3) is 4.61. The number of sulfonamides is 1. The highest BCUT2D eigenvalue weighted by Crippen LogP contribution is 2.26. The summed E-state index contributed by atoms with van der Waals surface area (Å²) in [6.45, 7) is 2.25. The number of piperidine rings is 1. The minimum Gasteiger partial charge on any atom is -0.467 e. The van der Waals surface area contributed by atoms with E-state index in [1.54, 1.807) is 33.2 Å². The molecule has 13 heteroatoms. The summed E-state index contributed by atoms with van der Waals surface area (Å²) in [4.78, 5) is 25.9. The van der Waals surface area contributed by atoms with Gasteiger partial charge in [0.25, 0.3) is 5.91 Å². The van der Waals surface area contributed by atoms with Crippen molar-refractivity contribution in [3.05, 3.63) is 47.9 Å². The van der Waals surface area contributed by atoms with Crippen LogP contribution in [0.5, 0.6) is 0 Å². The first kappa shape index (κ1) is 23.7. The number of carbonyl (C=O) groups excluding carboxylic acids is 2. The number of nitrogens with zero attached hydrogens (tertiary/aromatic N) is 5. The van der Waals surface area contributed by atoms with E-state index in [9.17, 15) is 18.0 Å². The number of nitrogens with one attached hydrogen (secondary N) is 2. The Morgan fingerprint density at radius 3 is 2.65 bits per heavy atom. The van der Waals surface area contributed by atoms with Crippen LogP contribution in [0.15, 0.2) is 40.1 Å². The van der Waals surface area contributed by atoms with Gasteiger partial charge in [-0.05, 0) is 31.9 Å². The molecule has 1 saturated heterocycles. The van der Waals surface area contributed by atoms with Gasteiger partial charge in [0.1, 0.15) is 16.3 Å². The van der Waals surface area contributed by atoms with E-state index in [4.69, 9.17) is 4.42 Å². The van der Waals surface area contributed by atoms with Gasteiger partial charge < -0.3 is 15.1 Å². The first-order chi connectivity index (χ1) is 16.2. The van der Waals surface area contributed by atoms with Gasteiger partial charge in [-0.3, -0.25) is 19.0 Å². The van der Waals surface area contributed by atoms with E-state index in [1.807, 2.05) is 0 Å². The minimum atomic E-state index is -3.78. The van der Waals surface area contributed by atoms with Gasteiger partial charge in [0.15, 0.2) is 0 Å². The lowest BCUT2D eigenvalue weighted by atomic mass is 9.98. The number of rotatable bonds is 7. The Morgan fingerprint density at radius 1 is 1.21 bits per heavy atom. The van der Waals surface area contributed by atoms with Crippen molar-refractivity contribution in [3.63, 3.8) is 0 Å². The Labute approximate surface area is 197 Å². The molecule has 34 heavy (non-hydrogen) atoms. The molecule has 0 unspecified atom stereocenters. The molecule has 1 fully saturated rings. The molecule has 4 rings (SSSR count). The number of hydrogen-bond donors (Lipinski definition) is 2. The van der Waals surface area contributed by atoms with Gasteiger partial charge in [0, 0.05) is 27.2 Å². The van der Waals surface area contributed by atoms with Crippen LogP contribution in [0.25, 0.3) is 0 Å². The maximum absolute atomic E-state index is 13.1. The normalized spacial score (nSPS) is 17.0. The molecule has 4 heterocycles. The fraction of sp³-hybridized carbons (Fsp3) is 0.429. The Morgan fingerprint density at radius 2 is 1.97 bits per heavy atom. The van der Waals surface area contributed by atoms with Crippen molar-refractivity contribution in [2.24, 2.45) is 20.0 Å². The second-order valence-corrected chi connectivity index (χ2v) is 10.1. The molecule has 0 saturated carbocycles. The van der Waals surface area contributed by atoms with Crippen molar-refractivity contribution in [1.29, 1.82) is 0 Å². The van der Waals surface area contributed by atoms with Crippen molar-refractivity contribution in [1.82, 2.24) is 29.2 Å². The van der Waals surface area contributed by atoms with Gasteiger partial charge in [-0.2, -0.15) is 14.5 Å². The van der Waals surface area contributed by atoms with Gasteiger partial charge in [-0.25, -0.2) is 8.42 Å². The van der Waals surface area contributed by atoms with Crippen LogP contribution in [0, 0.1) is 12.8 Å². The van der Waals surface area contributed by atoms with Crippen molar-refractivity contribution in [2.45, 2.75) is 31.2 Å². The van der Waals surface area contributed by atoms with Crippen molar-refractivity contribution in [3.8, 4) is 0 Å². The monoisotopic (exact) mass is 489 g/mol. The Hall–Kier alpha value is -3.45. The SMILES string of the molecule is Cc1c(S(=O)(=O)N2CCC[C@H](C(=O)Nc3cnn(C)c3C(=O)NCc3ccco3)C2)cnn1C. The summed E-state index contributed by atoms with van der Waals surface area (Å²) in [5, 5.41) is 13.6. The highest BCUT2D eigenvalue weighted by molar-refractivity contribution is 7.89. The van der Waals surface area contributed by atoms with Crippen molar-refractivity contribution < 1.29 is 22.4 Å². The van der Waals surface area contributed by atoms with E-state index in [0.29, 0.717) is 30.8 Å². The second kappa shape index (κ2) is 9.43. The molecule has 1 atom stereocenters. The molecule has 3 aromatic heterocycles. The lowest BCUT2D eigenvalue weighted by molar-refractivity contribution is -0.120. The van der Waals surface area contributed by atoms with Gasteiger partial charge in [-0.1, -0.05) is 0 Å². The molecular formula is C21H27N7O5S. The zero-order valence-corrected chi connectivity index (χ0v) is 20.0. The smallest absolute Gasteiger partial charge is 0.272 e. The van der Waals surface area contributed by atoms with E-state index in [1.165, 1.54) is 32.3 Å². The number of aromatic nitrogens is 4. The zero-order valence-electron chi connectivity index (χ0n) is 19.2. The average molecular weight is 490 g/mol. The highest BCUT2D eigenvalue weighted by Gasteiger charge is 2.35. The van der Waals surface area contributed by atoms with Crippen molar-refractivity contribution in [2.75, 3.05) is 18.4 Å². The van der Waals surface area contributed by atoms with Gasteiger partial charge in [-0.15, -0.1) is 0 Å².